The molecule has 8 heteroatoms. The third kappa shape index (κ3) is 4.61. The first kappa shape index (κ1) is 16.7. The van der Waals surface area contributed by atoms with Gasteiger partial charge < -0.3 is 9.84 Å². The summed E-state index contributed by atoms with van der Waals surface area (Å²) < 4.78 is 30.4. The Morgan fingerprint density at radius 1 is 1.60 bits per heavy atom. The number of methoxy groups -OCH3 is 1. The molecule has 1 atom stereocenters. The van der Waals surface area contributed by atoms with Crippen molar-refractivity contribution in [3.05, 3.63) is 21.9 Å². The lowest BCUT2D eigenvalue weighted by atomic mass is 10.3. The van der Waals surface area contributed by atoms with E-state index in [1.54, 1.807) is 11.4 Å². The van der Waals surface area contributed by atoms with E-state index in [1.807, 2.05) is 0 Å². The van der Waals surface area contributed by atoms with E-state index in [4.69, 9.17) is 5.11 Å². The Kier molecular flexibility index (Phi) is 6.16. The second kappa shape index (κ2) is 7.40. The Balaban J connectivity index is 2.67. The molecule has 0 amide bonds. The van der Waals surface area contributed by atoms with Gasteiger partial charge in [-0.3, -0.25) is 4.79 Å². The van der Waals surface area contributed by atoms with Crippen LogP contribution >= 0.6 is 11.3 Å². The number of rotatable bonds is 5. The Bertz CT molecular complexity index is 624. The van der Waals surface area contributed by atoms with E-state index in [9.17, 15) is 13.2 Å². The van der Waals surface area contributed by atoms with E-state index >= 15 is 0 Å². The van der Waals surface area contributed by atoms with Crippen molar-refractivity contribution in [2.75, 3.05) is 13.7 Å². The smallest absolute Gasteiger partial charge is 0.325 e. The molecule has 0 aromatic carbocycles. The molecule has 0 saturated heterocycles. The molecule has 0 aliphatic heterocycles. The molecule has 0 radical (unpaired) electrons. The van der Waals surface area contributed by atoms with Crippen molar-refractivity contribution in [2.24, 2.45) is 0 Å². The number of esters is 1. The van der Waals surface area contributed by atoms with Crippen LogP contribution in [-0.2, 0) is 26.1 Å². The first-order valence-corrected chi connectivity index (χ1v) is 8.06. The molecule has 0 bridgehead atoms. The molecule has 1 aromatic heterocycles. The van der Waals surface area contributed by atoms with Crippen molar-refractivity contribution in [1.82, 2.24) is 4.72 Å². The number of hydrogen-bond acceptors (Lipinski definition) is 6. The highest BCUT2D eigenvalue weighted by Gasteiger charge is 2.28. The van der Waals surface area contributed by atoms with Crippen molar-refractivity contribution < 1.29 is 23.1 Å². The maximum absolute atomic E-state index is 11.8. The molecule has 6 nitrogen and oxygen atoms in total. The maximum Gasteiger partial charge on any atom is 0.325 e. The molecule has 0 saturated carbocycles. The van der Waals surface area contributed by atoms with Gasteiger partial charge in [0.05, 0.1) is 7.11 Å². The third-order valence-electron chi connectivity index (χ3n) is 2.41. The largest absolute Gasteiger partial charge is 0.468 e. The van der Waals surface area contributed by atoms with Gasteiger partial charge in [-0.1, -0.05) is 11.8 Å². The summed E-state index contributed by atoms with van der Waals surface area (Å²) >= 11 is 1.34. The minimum absolute atomic E-state index is 0.0785. The van der Waals surface area contributed by atoms with Crippen LogP contribution in [0.1, 0.15) is 17.4 Å². The second-order valence-electron chi connectivity index (χ2n) is 3.79. The number of hydrogen-bond donors (Lipinski definition) is 2. The van der Waals surface area contributed by atoms with Crippen LogP contribution in [0.25, 0.3) is 0 Å². The Hall–Kier alpha value is -1.40. The van der Waals surface area contributed by atoms with Crippen LogP contribution in [0, 0.1) is 11.8 Å². The third-order valence-corrected chi connectivity index (χ3v) is 5.02. The molecular weight excluding hydrogens is 302 g/mol. The number of carbonyl (C=O) groups excluding carboxylic acids is 1. The van der Waals surface area contributed by atoms with Gasteiger partial charge >= 0.3 is 5.97 Å². The van der Waals surface area contributed by atoms with Crippen LogP contribution in [0.15, 0.2) is 11.4 Å². The summed E-state index contributed by atoms with van der Waals surface area (Å²) in [5.41, 5.74) is 0.708. The lowest BCUT2D eigenvalue weighted by molar-refractivity contribution is -0.139. The van der Waals surface area contributed by atoms with Gasteiger partial charge in [0, 0.05) is 22.4 Å². The Morgan fingerprint density at radius 3 is 2.90 bits per heavy atom. The number of aliphatic hydroxyl groups excluding tert-OH is 1. The van der Waals surface area contributed by atoms with E-state index in [-0.39, 0.29) is 13.2 Å². The summed E-state index contributed by atoms with van der Waals surface area (Å²) in [4.78, 5) is 12.0. The molecule has 110 valence electrons. The fraction of sp³-hybridized carbons (Fsp3) is 0.417. The van der Waals surface area contributed by atoms with E-state index in [0.29, 0.717) is 5.56 Å². The highest BCUT2D eigenvalue weighted by atomic mass is 32.2. The zero-order valence-corrected chi connectivity index (χ0v) is 12.7. The Morgan fingerprint density at radius 2 is 2.30 bits per heavy atom. The summed E-state index contributed by atoms with van der Waals surface area (Å²) in [5, 5.41) is 9.07. The quantitative estimate of drug-likeness (QED) is 0.592. The molecule has 0 fully saturated rings. The van der Waals surface area contributed by atoms with E-state index in [1.165, 1.54) is 18.3 Å². The van der Waals surface area contributed by atoms with Crippen LogP contribution in [-0.4, -0.2) is 38.5 Å². The second-order valence-corrected chi connectivity index (χ2v) is 6.87. The highest BCUT2D eigenvalue weighted by molar-refractivity contribution is 7.90. The molecular formula is C12H15NO5S2. The average Bonchev–Trinajstić information content (AvgIpc) is 2.89. The number of aliphatic hydroxyl groups is 1. The minimum atomic E-state index is -3.77. The first-order chi connectivity index (χ1) is 9.40. The minimum Gasteiger partial charge on any atom is -0.468 e. The van der Waals surface area contributed by atoms with Gasteiger partial charge in [0.1, 0.15) is 6.61 Å². The van der Waals surface area contributed by atoms with Gasteiger partial charge in [0.25, 0.3) is 0 Å². The zero-order valence-electron chi connectivity index (χ0n) is 11.0. The standard InChI is InChI=1S/C12H15NO5S2/c1-9(12(15)18-2)20(16,17)13-7-11-6-10(8-19-11)4-3-5-14/h6,8-9,13-14H,5,7H2,1-2H3. The molecule has 0 aliphatic rings. The van der Waals surface area contributed by atoms with E-state index in [0.717, 1.165) is 12.0 Å². The molecule has 1 aromatic rings. The van der Waals surface area contributed by atoms with Crippen molar-refractivity contribution >= 4 is 27.3 Å². The SMILES string of the molecule is COC(=O)C(C)S(=O)(=O)NCc1cc(C#CCO)cs1. The van der Waals surface area contributed by atoms with Crippen molar-refractivity contribution in [1.29, 1.82) is 0 Å². The predicted molar refractivity (Wildman–Crippen MR) is 75.5 cm³/mol. The zero-order chi connectivity index (χ0) is 15.2. The van der Waals surface area contributed by atoms with Crippen LogP contribution < -0.4 is 4.72 Å². The van der Waals surface area contributed by atoms with E-state index < -0.39 is 21.2 Å². The average molecular weight is 317 g/mol. The van der Waals surface area contributed by atoms with Gasteiger partial charge in [-0.25, -0.2) is 13.1 Å². The monoisotopic (exact) mass is 317 g/mol. The molecule has 1 rings (SSSR count). The fourth-order valence-electron chi connectivity index (χ4n) is 1.27. The first-order valence-electron chi connectivity index (χ1n) is 5.64. The summed E-state index contributed by atoms with van der Waals surface area (Å²) in [6.45, 7) is 1.12. The topological polar surface area (TPSA) is 92.7 Å². The Labute approximate surface area is 121 Å². The summed E-state index contributed by atoms with van der Waals surface area (Å²) in [7, 11) is -2.63. The number of sulfonamides is 1. The van der Waals surface area contributed by atoms with Gasteiger partial charge in [0.15, 0.2) is 5.25 Å². The van der Waals surface area contributed by atoms with Crippen LogP contribution in [0.4, 0.5) is 0 Å². The molecule has 0 aliphatic carbocycles. The summed E-state index contributed by atoms with van der Waals surface area (Å²) in [5.74, 6) is 4.42. The molecule has 0 spiro atoms. The van der Waals surface area contributed by atoms with Crippen molar-refractivity contribution in [3.63, 3.8) is 0 Å². The maximum atomic E-state index is 11.8. The van der Waals surface area contributed by atoms with Crippen molar-refractivity contribution in [3.8, 4) is 11.8 Å². The van der Waals surface area contributed by atoms with Gasteiger partial charge in [-0.05, 0) is 13.0 Å². The number of thiophene rings is 1. The highest BCUT2D eigenvalue weighted by Crippen LogP contribution is 2.14. The normalized spacial score (nSPS) is 12.3. The van der Waals surface area contributed by atoms with E-state index in [2.05, 4.69) is 21.3 Å². The lowest BCUT2D eigenvalue weighted by Gasteiger charge is -2.11. The lowest BCUT2D eigenvalue weighted by Crippen LogP contribution is -2.37. The van der Waals surface area contributed by atoms with Crippen LogP contribution in [0.3, 0.4) is 0 Å². The van der Waals surface area contributed by atoms with Crippen LogP contribution in [0.2, 0.25) is 0 Å². The fourth-order valence-corrected chi connectivity index (χ4v) is 3.07. The predicted octanol–water partition coefficient (Wildman–Crippen LogP) is 0.0728. The van der Waals surface area contributed by atoms with Crippen LogP contribution in [0.5, 0.6) is 0 Å². The molecule has 20 heavy (non-hydrogen) atoms. The van der Waals surface area contributed by atoms with Crippen molar-refractivity contribution in [2.45, 2.75) is 18.7 Å². The number of ether oxygens (including phenoxy) is 1. The molecule has 1 heterocycles. The molecule has 1 unspecified atom stereocenters. The number of carbonyl (C=O) groups is 1. The number of nitrogens with one attached hydrogen (secondary N) is 1. The van der Waals surface area contributed by atoms with Gasteiger partial charge in [-0.15, -0.1) is 11.3 Å². The van der Waals surface area contributed by atoms with Gasteiger partial charge in [0.2, 0.25) is 10.0 Å². The van der Waals surface area contributed by atoms with Gasteiger partial charge in [-0.2, -0.15) is 0 Å². The summed E-state index contributed by atoms with van der Waals surface area (Å²) in [6.07, 6.45) is 0. The summed E-state index contributed by atoms with van der Waals surface area (Å²) in [6, 6.07) is 1.72. The molecule has 2 N–H and O–H groups in total.